The van der Waals surface area contributed by atoms with E-state index in [0.29, 0.717) is 6.10 Å². The van der Waals surface area contributed by atoms with Crippen LogP contribution in [0.1, 0.15) is 18.4 Å². The van der Waals surface area contributed by atoms with Crippen molar-refractivity contribution in [2.24, 2.45) is 0 Å². The Balaban J connectivity index is 1.62. The molecule has 20 heavy (non-hydrogen) atoms. The number of aromatic amines is 1. The third-order valence-corrected chi connectivity index (χ3v) is 3.81. The van der Waals surface area contributed by atoms with Gasteiger partial charge in [0.2, 0.25) is 0 Å². The van der Waals surface area contributed by atoms with Crippen molar-refractivity contribution in [3.63, 3.8) is 0 Å². The van der Waals surface area contributed by atoms with Crippen LogP contribution in [0, 0.1) is 0 Å². The number of rotatable bonds is 5. The van der Waals surface area contributed by atoms with Crippen LogP contribution in [0.4, 0.5) is 0 Å². The summed E-state index contributed by atoms with van der Waals surface area (Å²) in [6, 6.07) is 7.78. The van der Waals surface area contributed by atoms with Crippen LogP contribution in [0.5, 0.6) is 0 Å². The molecule has 1 saturated heterocycles. The van der Waals surface area contributed by atoms with Crippen LogP contribution in [0.3, 0.4) is 0 Å². The van der Waals surface area contributed by atoms with E-state index in [9.17, 15) is 0 Å². The van der Waals surface area contributed by atoms with Crippen LogP contribution in [0.25, 0.3) is 11.3 Å². The van der Waals surface area contributed by atoms with Crippen LogP contribution >= 0.6 is 11.6 Å². The Morgan fingerprint density at radius 3 is 2.95 bits per heavy atom. The Morgan fingerprint density at radius 2 is 2.20 bits per heavy atom. The van der Waals surface area contributed by atoms with Crippen molar-refractivity contribution in [1.29, 1.82) is 0 Å². The minimum Gasteiger partial charge on any atom is -0.377 e. The molecule has 1 atom stereocenters. The summed E-state index contributed by atoms with van der Waals surface area (Å²) in [4.78, 5) is 0. The lowest BCUT2D eigenvalue weighted by molar-refractivity contribution is 0.110. The Hall–Kier alpha value is -1.36. The van der Waals surface area contributed by atoms with E-state index in [-0.39, 0.29) is 0 Å². The molecule has 106 valence electrons. The number of nitrogens with one attached hydrogen (secondary N) is 2. The second-order valence-corrected chi connectivity index (χ2v) is 5.48. The molecule has 0 amide bonds. The Kier molecular flexibility index (Phi) is 4.35. The number of aromatic nitrogens is 2. The van der Waals surface area contributed by atoms with Gasteiger partial charge in [-0.1, -0.05) is 23.7 Å². The third kappa shape index (κ3) is 3.20. The molecule has 1 fully saturated rings. The fourth-order valence-electron chi connectivity index (χ4n) is 2.48. The minimum absolute atomic E-state index is 0.362. The van der Waals surface area contributed by atoms with Gasteiger partial charge in [-0.2, -0.15) is 5.10 Å². The van der Waals surface area contributed by atoms with Gasteiger partial charge in [-0.05, 0) is 30.5 Å². The van der Waals surface area contributed by atoms with Crippen LogP contribution in [0.2, 0.25) is 5.02 Å². The van der Waals surface area contributed by atoms with E-state index in [1.807, 2.05) is 30.5 Å². The van der Waals surface area contributed by atoms with Crippen molar-refractivity contribution in [2.45, 2.75) is 25.5 Å². The normalized spacial score (nSPS) is 18.6. The SMILES string of the molecule is Clc1ccc(-c2[nH]ncc2CNC[C@H]2CCCO2)cc1. The highest BCUT2D eigenvalue weighted by atomic mass is 35.5. The van der Waals surface area contributed by atoms with Crippen LogP contribution in [-0.4, -0.2) is 29.5 Å². The quantitative estimate of drug-likeness (QED) is 0.890. The fourth-order valence-corrected chi connectivity index (χ4v) is 2.61. The molecule has 3 rings (SSSR count). The molecule has 2 N–H and O–H groups in total. The van der Waals surface area contributed by atoms with Crippen molar-refractivity contribution in [1.82, 2.24) is 15.5 Å². The molecular weight excluding hydrogens is 274 g/mol. The molecule has 0 bridgehead atoms. The van der Waals surface area contributed by atoms with Gasteiger partial charge >= 0.3 is 0 Å². The van der Waals surface area contributed by atoms with Crippen molar-refractivity contribution in [3.8, 4) is 11.3 Å². The summed E-state index contributed by atoms with van der Waals surface area (Å²) in [5.41, 5.74) is 3.30. The van der Waals surface area contributed by atoms with Gasteiger partial charge in [0.15, 0.2) is 0 Å². The number of H-pyrrole nitrogens is 1. The minimum atomic E-state index is 0.362. The maximum atomic E-state index is 5.92. The Morgan fingerprint density at radius 1 is 1.35 bits per heavy atom. The molecule has 0 aliphatic carbocycles. The second-order valence-electron chi connectivity index (χ2n) is 5.04. The van der Waals surface area contributed by atoms with E-state index in [2.05, 4.69) is 15.5 Å². The van der Waals surface area contributed by atoms with Gasteiger partial charge in [0.25, 0.3) is 0 Å². The Labute approximate surface area is 123 Å². The van der Waals surface area contributed by atoms with Gasteiger partial charge in [0, 0.05) is 30.3 Å². The lowest BCUT2D eigenvalue weighted by Gasteiger charge is -2.10. The van der Waals surface area contributed by atoms with Crippen LogP contribution in [-0.2, 0) is 11.3 Å². The summed E-state index contributed by atoms with van der Waals surface area (Å²) in [5, 5.41) is 11.4. The smallest absolute Gasteiger partial charge is 0.0700 e. The van der Waals surface area contributed by atoms with Gasteiger partial charge in [-0.15, -0.1) is 0 Å². The summed E-state index contributed by atoms with van der Waals surface area (Å²) in [7, 11) is 0. The second kappa shape index (κ2) is 6.39. The average molecular weight is 292 g/mol. The lowest BCUT2D eigenvalue weighted by atomic mass is 10.1. The molecule has 2 aromatic rings. The molecule has 0 radical (unpaired) electrons. The number of ether oxygens (including phenoxy) is 1. The summed E-state index contributed by atoms with van der Waals surface area (Å²) < 4.78 is 5.60. The predicted molar refractivity (Wildman–Crippen MR) is 79.7 cm³/mol. The van der Waals surface area contributed by atoms with E-state index in [1.165, 1.54) is 6.42 Å². The van der Waals surface area contributed by atoms with E-state index in [1.54, 1.807) is 0 Å². The largest absolute Gasteiger partial charge is 0.377 e. The number of hydrogen-bond acceptors (Lipinski definition) is 3. The molecule has 1 aromatic heterocycles. The molecule has 0 unspecified atom stereocenters. The summed E-state index contributed by atoms with van der Waals surface area (Å²) in [6.45, 7) is 2.58. The van der Waals surface area contributed by atoms with Gasteiger partial charge in [0.1, 0.15) is 0 Å². The maximum absolute atomic E-state index is 5.92. The topological polar surface area (TPSA) is 49.9 Å². The van der Waals surface area contributed by atoms with E-state index in [0.717, 1.165) is 48.0 Å². The summed E-state index contributed by atoms with van der Waals surface area (Å²) in [5.74, 6) is 0. The molecule has 1 aliphatic heterocycles. The standard InChI is InChI=1S/C15H18ClN3O/c16-13-5-3-11(4-6-13)15-12(9-18-19-15)8-17-10-14-2-1-7-20-14/h3-6,9,14,17H,1-2,7-8,10H2,(H,18,19)/t14-/m1/s1. The molecule has 1 aliphatic rings. The number of hydrogen-bond donors (Lipinski definition) is 2. The highest BCUT2D eigenvalue weighted by Crippen LogP contribution is 2.22. The molecule has 2 heterocycles. The summed E-state index contributed by atoms with van der Waals surface area (Å²) >= 11 is 5.92. The van der Waals surface area contributed by atoms with E-state index < -0.39 is 0 Å². The van der Waals surface area contributed by atoms with Gasteiger partial charge in [-0.25, -0.2) is 0 Å². The number of halogens is 1. The fraction of sp³-hybridized carbons (Fsp3) is 0.400. The molecular formula is C15H18ClN3O. The van der Waals surface area contributed by atoms with Crippen LogP contribution < -0.4 is 5.32 Å². The Bertz CT molecular complexity index is 547. The van der Waals surface area contributed by atoms with Crippen molar-refractivity contribution in [2.75, 3.05) is 13.2 Å². The molecule has 1 aromatic carbocycles. The molecule has 5 heteroatoms. The highest BCUT2D eigenvalue weighted by Gasteiger charge is 2.15. The summed E-state index contributed by atoms with van der Waals surface area (Å²) in [6.07, 6.45) is 4.56. The van der Waals surface area contributed by atoms with Crippen molar-refractivity contribution >= 4 is 11.6 Å². The first-order chi connectivity index (χ1) is 9.83. The van der Waals surface area contributed by atoms with Crippen molar-refractivity contribution in [3.05, 3.63) is 41.0 Å². The highest BCUT2D eigenvalue weighted by molar-refractivity contribution is 6.30. The van der Waals surface area contributed by atoms with Crippen LogP contribution in [0.15, 0.2) is 30.5 Å². The van der Waals surface area contributed by atoms with E-state index in [4.69, 9.17) is 16.3 Å². The van der Waals surface area contributed by atoms with Gasteiger partial charge in [0.05, 0.1) is 18.0 Å². The van der Waals surface area contributed by atoms with E-state index >= 15 is 0 Å². The molecule has 4 nitrogen and oxygen atoms in total. The first kappa shape index (κ1) is 13.6. The molecule has 0 saturated carbocycles. The first-order valence-electron chi connectivity index (χ1n) is 6.93. The zero-order valence-electron chi connectivity index (χ0n) is 11.2. The number of benzene rings is 1. The zero-order chi connectivity index (χ0) is 13.8. The third-order valence-electron chi connectivity index (χ3n) is 3.56. The first-order valence-corrected chi connectivity index (χ1v) is 7.31. The average Bonchev–Trinajstić information content (AvgIpc) is 3.11. The molecule has 0 spiro atoms. The zero-order valence-corrected chi connectivity index (χ0v) is 12.0. The van der Waals surface area contributed by atoms with Gasteiger partial charge in [-0.3, -0.25) is 5.10 Å². The predicted octanol–water partition coefficient (Wildman–Crippen LogP) is 3.00. The number of nitrogens with zero attached hydrogens (tertiary/aromatic N) is 1. The van der Waals surface area contributed by atoms with Gasteiger partial charge < -0.3 is 10.1 Å². The maximum Gasteiger partial charge on any atom is 0.0700 e. The monoisotopic (exact) mass is 291 g/mol. The van der Waals surface area contributed by atoms with Crippen molar-refractivity contribution < 1.29 is 4.74 Å². The lowest BCUT2D eigenvalue weighted by Crippen LogP contribution is -2.25.